The SMILES string of the molecule is COc1cccc(C(F)(F)F)c1C1CC(CN)CN1C. The molecule has 2 atom stereocenters. The molecule has 1 aromatic rings. The number of ether oxygens (including phenoxy) is 1. The first-order chi connectivity index (χ1) is 9.38. The van der Waals surface area contributed by atoms with Crippen molar-refractivity contribution in [3.63, 3.8) is 0 Å². The van der Waals surface area contributed by atoms with Crippen LogP contribution in [0, 0.1) is 5.92 Å². The summed E-state index contributed by atoms with van der Waals surface area (Å²) in [6.45, 7) is 1.19. The number of likely N-dealkylation sites (tertiary alicyclic amines) is 1. The average Bonchev–Trinajstić information content (AvgIpc) is 2.77. The van der Waals surface area contributed by atoms with Gasteiger partial charge in [0, 0.05) is 18.2 Å². The van der Waals surface area contributed by atoms with E-state index in [0.717, 1.165) is 6.07 Å². The van der Waals surface area contributed by atoms with E-state index < -0.39 is 11.7 Å². The Bertz CT molecular complexity index is 476. The van der Waals surface area contributed by atoms with E-state index in [1.54, 1.807) is 6.07 Å². The smallest absolute Gasteiger partial charge is 0.416 e. The van der Waals surface area contributed by atoms with E-state index in [1.165, 1.54) is 13.2 Å². The monoisotopic (exact) mass is 288 g/mol. The minimum absolute atomic E-state index is 0.219. The van der Waals surface area contributed by atoms with Crippen molar-refractivity contribution >= 4 is 0 Å². The summed E-state index contributed by atoms with van der Waals surface area (Å²) in [4.78, 5) is 1.92. The predicted octanol–water partition coefficient (Wildman–Crippen LogP) is 2.67. The zero-order chi connectivity index (χ0) is 14.9. The minimum atomic E-state index is -4.38. The first-order valence-corrected chi connectivity index (χ1v) is 6.52. The van der Waals surface area contributed by atoms with Gasteiger partial charge in [-0.25, -0.2) is 0 Å². The van der Waals surface area contributed by atoms with Crippen LogP contribution in [0.15, 0.2) is 18.2 Å². The molecule has 0 saturated carbocycles. The number of alkyl halides is 3. The highest BCUT2D eigenvalue weighted by Gasteiger charge is 2.40. The maximum Gasteiger partial charge on any atom is 0.416 e. The third-order valence-corrected chi connectivity index (χ3v) is 3.89. The van der Waals surface area contributed by atoms with Crippen LogP contribution in [0.5, 0.6) is 5.75 Å². The molecular weight excluding hydrogens is 269 g/mol. The Balaban J connectivity index is 2.49. The molecule has 0 spiro atoms. The van der Waals surface area contributed by atoms with Gasteiger partial charge in [0.2, 0.25) is 0 Å². The molecule has 1 fully saturated rings. The Hall–Kier alpha value is -1.27. The number of hydrogen-bond donors (Lipinski definition) is 1. The molecule has 2 rings (SSSR count). The van der Waals surface area contributed by atoms with Crippen molar-refractivity contribution in [2.45, 2.75) is 18.6 Å². The Labute approximate surface area is 116 Å². The van der Waals surface area contributed by atoms with Gasteiger partial charge in [-0.15, -0.1) is 0 Å². The number of nitrogens with zero attached hydrogens (tertiary/aromatic N) is 1. The minimum Gasteiger partial charge on any atom is -0.496 e. The van der Waals surface area contributed by atoms with Crippen LogP contribution in [0.1, 0.15) is 23.6 Å². The molecule has 0 amide bonds. The van der Waals surface area contributed by atoms with Crippen LogP contribution in [-0.4, -0.2) is 32.1 Å². The standard InChI is InChI=1S/C14H19F3N2O/c1-19-8-9(7-18)6-11(19)13-10(14(15,16)17)4-3-5-12(13)20-2/h3-5,9,11H,6-8,18H2,1-2H3. The normalized spacial score (nSPS) is 24.1. The van der Waals surface area contributed by atoms with Crippen molar-refractivity contribution in [3.8, 4) is 5.75 Å². The number of nitrogens with two attached hydrogens (primary N) is 1. The zero-order valence-corrected chi connectivity index (χ0v) is 11.6. The fraction of sp³-hybridized carbons (Fsp3) is 0.571. The van der Waals surface area contributed by atoms with Gasteiger partial charge in [-0.05, 0) is 38.1 Å². The summed E-state index contributed by atoms with van der Waals surface area (Å²) in [6.07, 6.45) is -3.76. The number of methoxy groups -OCH3 is 1. The van der Waals surface area contributed by atoms with Gasteiger partial charge in [-0.3, -0.25) is 4.90 Å². The molecule has 2 unspecified atom stereocenters. The molecule has 1 saturated heterocycles. The van der Waals surface area contributed by atoms with Gasteiger partial charge in [-0.2, -0.15) is 13.2 Å². The van der Waals surface area contributed by atoms with Crippen LogP contribution in [0.25, 0.3) is 0 Å². The summed E-state index contributed by atoms with van der Waals surface area (Å²) in [5.74, 6) is 0.505. The number of hydrogen-bond acceptors (Lipinski definition) is 3. The number of rotatable bonds is 3. The molecule has 0 aliphatic carbocycles. The number of halogens is 3. The summed E-state index contributed by atoms with van der Waals surface area (Å²) in [7, 11) is 3.22. The van der Waals surface area contributed by atoms with Crippen molar-refractivity contribution in [2.24, 2.45) is 11.7 Å². The summed E-state index contributed by atoms with van der Waals surface area (Å²) < 4.78 is 44.8. The second-order valence-corrected chi connectivity index (χ2v) is 5.21. The molecule has 112 valence electrons. The topological polar surface area (TPSA) is 38.5 Å². The summed E-state index contributed by atoms with van der Waals surface area (Å²) in [5.41, 5.74) is 5.25. The highest BCUT2D eigenvalue weighted by atomic mass is 19.4. The van der Waals surface area contributed by atoms with Crippen LogP contribution >= 0.6 is 0 Å². The van der Waals surface area contributed by atoms with E-state index in [-0.39, 0.29) is 23.3 Å². The Morgan fingerprint density at radius 3 is 2.60 bits per heavy atom. The highest BCUT2D eigenvalue weighted by molar-refractivity contribution is 5.44. The van der Waals surface area contributed by atoms with E-state index in [9.17, 15) is 13.2 Å². The van der Waals surface area contributed by atoms with Crippen molar-refractivity contribution in [1.29, 1.82) is 0 Å². The van der Waals surface area contributed by atoms with Crippen molar-refractivity contribution in [2.75, 3.05) is 27.2 Å². The molecule has 1 aromatic carbocycles. The van der Waals surface area contributed by atoms with Gasteiger partial charge in [0.1, 0.15) is 5.75 Å². The fourth-order valence-corrected chi connectivity index (χ4v) is 2.93. The fourth-order valence-electron chi connectivity index (χ4n) is 2.93. The van der Waals surface area contributed by atoms with E-state index in [4.69, 9.17) is 10.5 Å². The highest BCUT2D eigenvalue weighted by Crippen LogP contribution is 2.45. The van der Waals surface area contributed by atoms with Crippen LogP contribution in [0.3, 0.4) is 0 Å². The number of benzene rings is 1. The maximum atomic E-state index is 13.2. The Morgan fingerprint density at radius 2 is 2.10 bits per heavy atom. The molecule has 1 aliphatic heterocycles. The molecule has 0 aromatic heterocycles. The lowest BCUT2D eigenvalue weighted by Gasteiger charge is -2.25. The largest absolute Gasteiger partial charge is 0.496 e. The van der Waals surface area contributed by atoms with E-state index in [1.807, 2.05) is 11.9 Å². The molecule has 20 heavy (non-hydrogen) atoms. The average molecular weight is 288 g/mol. The molecule has 1 heterocycles. The van der Waals surface area contributed by atoms with Crippen molar-refractivity contribution in [3.05, 3.63) is 29.3 Å². The lowest BCUT2D eigenvalue weighted by molar-refractivity contribution is -0.138. The molecule has 3 nitrogen and oxygen atoms in total. The lowest BCUT2D eigenvalue weighted by atomic mass is 9.94. The summed E-state index contributed by atoms with van der Waals surface area (Å²) in [6, 6.07) is 3.76. The lowest BCUT2D eigenvalue weighted by Crippen LogP contribution is -2.23. The second kappa shape index (κ2) is 5.61. The molecule has 6 heteroatoms. The Morgan fingerprint density at radius 1 is 1.40 bits per heavy atom. The first-order valence-electron chi connectivity index (χ1n) is 6.52. The van der Waals surface area contributed by atoms with E-state index >= 15 is 0 Å². The summed E-state index contributed by atoms with van der Waals surface area (Å²) in [5, 5.41) is 0. The van der Waals surface area contributed by atoms with Crippen LogP contribution < -0.4 is 10.5 Å². The molecular formula is C14H19F3N2O. The van der Waals surface area contributed by atoms with E-state index in [0.29, 0.717) is 19.5 Å². The second-order valence-electron chi connectivity index (χ2n) is 5.21. The van der Waals surface area contributed by atoms with Crippen LogP contribution in [0.4, 0.5) is 13.2 Å². The van der Waals surface area contributed by atoms with Gasteiger partial charge >= 0.3 is 6.18 Å². The van der Waals surface area contributed by atoms with Crippen LogP contribution in [-0.2, 0) is 6.18 Å². The zero-order valence-electron chi connectivity index (χ0n) is 11.6. The van der Waals surface area contributed by atoms with Gasteiger partial charge < -0.3 is 10.5 Å². The molecule has 1 aliphatic rings. The third kappa shape index (κ3) is 2.76. The third-order valence-electron chi connectivity index (χ3n) is 3.89. The van der Waals surface area contributed by atoms with Crippen molar-refractivity contribution in [1.82, 2.24) is 4.90 Å². The molecule has 0 bridgehead atoms. The van der Waals surface area contributed by atoms with Gasteiger partial charge in [0.15, 0.2) is 0 Å². The maximum absolute atomic E-state index is 13.2. The Kier molecular flexibility index (Phi) is 4.25. The van der Waals surface area contributed by atoms with Crippen molar-refractivity contribution < 1.29 is 17.9 Å². The molecule has 2 N–H and O–H groups in total. The van der Waals surface area contributed by atoms with Gasteiger partial charge in [-0.1, -0.05) is 6.07 Å². The quantitative estimate of drug-likeness (QED) is 0.929. The first kappa shape index (κ1) is 15.1. The van der Waals surface area contributed by atoms with E-state index in [2.05, 4.69) is 0 Å². The van der Waals surface area contributed by atoms with Gasteiger partial charge in [0.05, 0.1) is 12.7 Å². The van der Waals surface area contributed by atoms with Crippen LogP contribution in [0.2, 0.25) is 0 Å². The predicted molar refractivity (Wildman–Crippen MR) is 70.5 cm³/mol. The summed E-state index contributed by atoms with van der Waals surface area (Å²) >= 11 is 0. The van der Waals surface area contributed by atoms with Gasteiger partial charge in [0.25, 0.3) is 0 Å². The molecule has 0 radical (unpaired) electrons.